The zero-order chi connectivity index (χ0) is 11.9. The molecule has 0 aromatic carbocycles. The zero-order valence-electron chi connectivity index (χ0n) is 9.53. The van der Waals surface area contributed by atoms with Gasteiger partial charge in [-0.25, -0.2) is 4.79 Å². The number of carboxylic acid groups (broad SMARTS) is 1. The first-order valence-electron chi connectivity index (χ1n) is 4.86. The molecular formula is C10H17NO4. The van der Waals surface area contributed by atoms with E-state index in [2.05, 4.69) is 0 Å². The lowest BCUT2D eigenvalue weighted by Crippen LogP contribution is -2.44. The smallest absolute Gasteiger partial charge is 0.410 e. The van der Waals surface area contributed by atoms with Gasteiger partial charge in [0.1, 0.15) is 5.60 Å². The molecule has 1 atom stereocenters. The molecule has 0 aromatic heterocycles. The molecule has 1 fully saturated rings. The number of ether oxygens (including phenoxy) is 1. The minimum absolute atomic E-state index is 0.161. The van der Waals surface area contributed by atoms with E-state index in [0.29, 0.717) is 6.54 Å². The molecule has 0 bridgehead atoms. The molecule has 1 heterocycles. The number of rotatable bonds is 2. The van der Waals surface area contributed by atoms with Crippen LogP contribution < -0.4 is 0 Å². The summed E-state index contributed by atoms with van der Waals surface area (Å²) in [4.78, 5) is 23.7. The van der Waals surface area contributed by atoms with Gasteiger partial charge in [-0.05, 0) is 27.7 Å². The van der Waals surface area contributed by atoms with Gasteiger partial charge < -0.3 is 9.84 Å². The number of carboxylic acids is 1. The minimum Gasteiger partial charge on any atom is -0.481 e. The van der Waals surface area contributed by atoms with E-state index in [9.17, 15) is 9.59 Å². The molecular weight excluding hydrogens is 198 g/mol. The average Bonchev–Trinajstić information content (AvgIpc) is 2.22. The van der Waals surface area contributed by atoms with Crippen molar-refractivity contribution in [3.8, 4) is 0 Å². The average molecular weight is 215 g/mol. The first-order valence-corrected chi connectivity index (χ1v) is 4.86. The summed E-state index contributed by atoms with van der Waals surface area (Å²) in [5, 5.41) is 8.70. The fourth-order valence-electron chi connectivity index (χ4n) is 1.62. The lowest BCUT2D eigenvalue weighted by Gasteiger charge is -2.30. The third-order valence-electron chi connectivity index (χ3n) is 2.38. The third kappa shape index (κ3) is 2.61. The molecule has 1 aliphatic rings. The van der Waals surface area contributed by atoms with Crippen molar-refractivity contribution in [2.45, 2.75) is 45.3 Å². The summed E-state index contributed by atoms with van der Waals surface area (Å²) in [6.45, 7) is 7.63. The Morgan fingerprint density at radius 1 is 1.60 bits per heavy atom. The first-order chi connectivity index (χ1) is 6.64. The SMILES string of the molecule is CC1(CC(=O)O)CN(C(C)(C)C)C(=O)O1. The van der Waals surface area contributed by atoms with E-state index in [1.165, 1.54) is 0 Å². The van der Waals surface area contributed by atoms with Crippen LogP contribution in [0.3, 0.4) is 0 Å². The summed E-state index contributed by atoms with van der Waals surface area (Å²) in [7, 11) is 0. The number of hydrogen-bond acceptors (Lipinski definition) is 3. The molecule has 0 aromatic rings. The van der Waals surface area contributed by atoms with Gasteiger partial charge >= 0.3 is 12.1 Å². The summed E-state index contributed by atoms with van der Waals surface area (Å²) in [6, 6.07) is 0. The van der Waals surface area contributed by atoms with Gasteiger partial charge in [0.25, 0.3) is 0 Å². The molecule has 1 amide bonds. The van der Waals surface area contributed by atoms with E-state index in [4.69, 9.17) is 9.84 Å². The summed E-state index contributed by atoms with van der Waals surface area (Å²) in [6.07, 6.45) is -0.600. The standard InChI is InChI=1S/C10H17NO4/c1-9(2,3)11-6-10(4,5-7(12)13)15-8(11)14/h5-6H2,1-4H3,(H,12,13). The van der Waals surface area contributed by atoms with Gasteiger partial charge in [-0.1, -0.05) is 0 Å². The van der Waals surface area contributed by atoms with Gasteiger partial charge in [0, 0.05) is 5.54 Å². The summed E-state index contributed by atoms with van der Waals surface area (Å²) < 4.78 is 5.10. The largest absolute Gasteiger partial charge is 0.481 e. The number of carbonyl (C=O) groups is 2. The van der Waals surface area contributed by atoms with Gasteiger partial charge in [0.2, 0.25) is 0 Å². The van der Waals surface area contributed by atoms with Crippen molar-refractivity contribution in [3.05, 3.63) is 0 Å². The number of cyclic esters (lactones) is 1. The topological polar surface area (TPSA) is 66.8 Å². The second kappa shape index (κ2) is 3.40. The van der Waals surface area contributed by atoms with Crippen LogP contribution in [0.25, 0.3) is 0 Å². The number of nitrogens with zero attached hydrogens (tertiary/aromatic N) is 1. The Balaban J connectivity index is 2.79. The van der Waals surface area contributed by atoms with Crippen LogP contribution in [0.2, 0.25) is 0 Å². The monoisotopic (exact) mass is 215 g/mol. The molecule has 0 saturated carbocycles. The van der Waals surface area contributed by atoms with E-state index in [-0.39, 0.29) is 12.0 Å². The Bertz CT molecular complexity index is 294. The van der Waals surface area contributed by atoms with Crippen LogP contribution in [-0.2, 0) is 9.53 Å². The van der Waals surface area contributed by atoms with E-state index >= 15 is 0 Å². The van der Waals surface area contributed by atoms with Crippen molar-refractivity contribution in [1.29, 1.82) is 0 Å². The molecule has 0 aliphatic carbocycles. The number of hydrogen-bond donors (Lipinski definition) is 1. The lowest BCUT2D eigenvalue weighted by atomic mass is 10.00. The Kier molecular flexibility index (Phi) is 2.67. The molecule has 1 aliphatic heterocycles. The fourth-order valence-corrected chi connectivity index (χ4v) is 1.62. The summed E-state index contributed by atoms with van der Waals surface area (Å²) in [5.74, 6) is -0.957. The van der Waals surface area contributed by atoms with Crippen LogP contribution in [-0.4, -0.2) is 39.8 Å². The molecule has 5 nitrogen and oxygen atoms in total. The van der Waals surface area contributed by atoms with Gasteiger partial charge in [-0.3, -0.25) is 9.69 Å². The van der Waals surface area contributed by atoms with Crippen LogP contribution in [0.15, 0.2) is 0 Å². The maximum atomic E-state index is 11.5. The molecule has 0 radical (unpaired) electrons. The quantitative estimate of drug-likeness (QED) is 0.757. The van der Waals surface area contributed by atoms with Crippen molar-refractivity contribution in [2.75, 3.05) is 6.54 Å². The molecule has 1 N–H and O–H groups in total. The van der Waals surface area contributed by atoms with Gasteiger partial charge in [-0.15, -0.1) is 0 Å². The van der Waals surface area contributed by atoms with Crippen molar-refractivity contribution in [2.24, 2.45) is 0 Å². The number of aliphatic carboxylic acids is 1. The highest BCUT2D eigenvalue weighted by molar-refractivity contribution is 5.74. The predicted molar refractivity (Wildman–Crippen MR) is 53.6 cm³/mol. The molecule has 86 valence electrons. The van der Waals surface area contributed by atoms with Crippen molar-refractivity contribution in [1.82, 2.24) is 4.90 Å². The van der Waals surface area contributed by atoms with Crippen molar-refractivity contribution >= 4 is 12.1 Å². The Morgan fingerprint density at radius 3 is 2.47 bits per heavy atom. The minimum atomic E-state index is -0.957. The molecule has 1 unspecified atom stereocenters. The summed E-state index contributed by atoms with van der Waals surface area (Å²) >= 11 is 0. The van der Waals surface area contributed by atoms with Gasteiger partial charge in [-0.2, -0.15) is 0 Å². The van der Waals surface area contributed by atoms with Crippen LogP contribution in [0, 0.1) is 0 Å². The van der Waals surface area contributed by atoms with E-state index in [1.807, 2.05) is 20.8 Å². The highest BCUT2D eigenvalue weighted by Gasteiger charge is 2.46. The van der Waals surface area contributed by atoms with Crippen LogP contribution in [0.1, 0.15) is 34.1 Å². The second-order valence-electron chi connectivity index (χ2n) is 5.15. The number of carbonyl (C=O) groups excluding carboxylic acids is 1. The second-order valence-corrected chi connectivity index (χ2v) is 5.15. The van der Waals surface area contributed by atoms with Crippen LogP contribution in [0.5, 0.6) is 0 Å². The molecule has 1 rings (SSSR count). The maximum absolute atomic E-state index is 11.5. The fraction of sp³-hybridized carbons (Fsp3) is 0.800. The molecule has 0 spiro atoms. The van der Waals surface area contributed by atoms with E-state index in [0.717, 1.165) is 0 Å². The Morgan fingerprint density at radius 2 is 2.13 bits per heavy atom. The van der Waals surface area contributed by atoms with Crippen LogP contribution >= 0.6 is 0 Å². The van der Waals surface area contributed by atoms with Gasteiger partial charge in [0.05, 0.1) is 13.0 Å². The van der Waals surface area contributed by atoms with E-state index < -0.39 is 17.7 Å². The first kappa shape index (κ1) is 11.8. The molecule has 5 heteroatoms. The predicted octanol–water partition coefficient (Wildman–Crippen LogP) is 1.47. The van der Waals surface area contributed by atoms with Gasteiger partial charge in [0.15, 0.2) is 0 Å². The maximum Gasteiger partial charge on any atom is 0.410 e. The highest BCUT2D eigenvalue weighted by Crippen LogP contribution is 2.30. The highest BCUT2D eigenvalue weighted by atomic mass is 16.6. The Hall–Kier alpha value is -1.26. The Labute approximate surface area is 89.0 Å². The number of amides is 1. The van der Waals surface area contributed by atoms with Crippen molar-refractivity contribution < 1.29 is 19.4 Å². The molecule has 1 saturated heterocycles. The normalized spacial score (nSPS) is 26.7. The summed E-state index contributed by atoms with van der Waals surface area (Å²) in [5.41, 5.74) is -1.25. The zero-order valence-corrected chi connectivity index (χ0v) is 9.53. The van der Waals surface area contributed by atoms with Crippen molar-refractivity contribution in [3.63, 3.8) is 0 Å². The lowest BCUT2D eigenvalue weighted by molar-refractivity contribution is -0.140. The van der Waals surface area contributed by atoms with Crippen LogP contribution in [0.4, 0.5) is 4.79 Å². The third-order valence-corrected chi connectivity index (χ3v) is 2.38. The van der Waals surface area contributed by atoms with E-state index in [1.54, 1.807) is 11.8 Å². The molecule has 15 heavy (non-hydrogen) atoms.